The second-order valence-corrected chi connectivity index (χ2v) is 17.4. The molecule has 3 heterocycles. The van der Waals surface area contributed by atoms with Crippen LogP contribution >= 0.6 is 11.3 Å². The van der Waals surface area contributed by atoms with Crippen molar-refractivity contribution in [2.75, 3.05) is 4.90 Å². The van der Waals surface area contributed by atoms with E-state index < -0.39 is 0 Å². The number of aromatic nitrogens is 1. The molecule has 0 unspecified atom stereocenters. The van der Waals surface area contributed by atoms with Gasteiger partial charge in [0.1, 0.15) is 11.2 Å². The lowest BCUT2D eigenvalue weighted by Gasteiger charge is -2.27. The molecule has 0 saturated heterocycles. The molecule has 292 valence electrons. The van der Waals surface area contributed by atoms with Gasteiger partial charge in [-0.25, -0.2) is 0 Å². The van der Waals surface area contributed by atoms with Crippen LogP contribution in [0.4, 0.5) is 17.1 Å². The number of rotatable bonds is 6. The minimum atomic E-state index is 0.879. The first-order valence-electron chi connectivity index (χ1n) is 21.4. The molecule has 0 atom stereocenters. The van der Waals surface area contributed by atoms with Crippen LogP contribution in [0.2, 0.25) is 0 Å². The van der Waals surface area contributed by atoms with E-state index in [0.29, 0.717) is 0 Å². The molecule has 0 amide bonds. The Labute approximate surface area is 362 Å². The first-order chi connectivity index (χ1) is 30.8. The lowest BCUT2D eigenvalue weighted by Crippen LogP contribution is -2.10. The molecular weight excluding hydrogens is 773 g/mol. The summed E-state index contributed by atoms with van der Waals surface area (Å²) in [4.78, 5) is 3.93. The van der Waals surface area contributed by atoms with Crippen molar-refractivity contribution in [1.82, 2.24) is 4.57 Å². The Morgan fingerprint density at radius 3 is 2.05 bits per heavy atom. The summed E-state index contributed by atoms with van der Waals surface area (Å²) >= 11 is 1.94. The number of thiophene rings is 1. The zero-order valence-electron chi connectivity index (χ0n) is 33.8. The second kappa shape index (κ2) is 14.0. The smallest absolute Gasteiger partial charge is 0.145 e. The fraction of sp³-hybridized carbons (Fsp3) is 0.0345. The summed E-state index contributed by atoms with van der Waals surface area (Å²) in [6, 6.07) is 70.6. The van der Waals surface area contributed by atoms with Gasteiger partial charge >= 0.3 is 0 Å². The standard InChI is InChI=1S/C58H38N2OS/c1-2-18-42-38(14-1)15-12-23-43(42)47-34-35-52(56-49-22-5-9-28-54(49)61-57(47)56)59(53-27-13-24-48-46-21-6-10-29-55(46)62-58(48)53)40-32-30-37(31-33-40)39-16-11-17-41(36-39)60-50-25-7-3-19-44(50)45-20-4-8-26-51(45)60/h1-9,11-28,30-36H,10,29H2. The van der Waals surface area contributed by atoms with E-state index in [4.69, 9.17) is 4.42 Å². The van der Waals surface area contributed by atoms with E-state index >= 15 is 0 Å². The molecule has 0 spiro atoms. The topological polar surface area (TPSA) is 21.3 Å². The number of fused-ring (bicyclic) bond motifs is 10. The molecule has 3 nitrogen and oxygen atoms in total. The van der Waals surface area contributed by atoms with E-state index in [-0.39, 0.29) is 0 Å². The highest BCUT2D eigenvalue weighted by Gasteiger charge is 2.26. The third-order valence-electron chi connectivity index (χ3n) is 12.8. The molecule has 3 aromatic heterocycles. The van der Waals surface area contributed by atoms with Gasteiger partial charge in [0.15, 0.2) is 0 Å². The molecular formula is C58H38N2OS. The Hall–Kier alpha value is -7.66. The van der Waals surface area contributed by atoms with Crippen molar-refractivity contribution < 1.29 is 4.42 Å². The average Bonchev–Trinajstić information content (AvgIpc) is 4.03. The summed E-state index contributed by atoms with van der Waals surface area (Å²) in [7, 11) is 0. The number of anilines is 3. The van der Waals surface area contributed by atoms with Crippen molar-refractivity contribution in [2.24, 2.45) is 0 Å². The van der Waals surface area contributed by atoms with Crippen LogP contribution in [0, 0.1) is 0 Å². The predicted octanol–water partition coefficient (Wildman–Crippen LogP) is 16.8. The Morgan fingerprint density at radius 1 is 0.516 bits per heavy atom. The number of allylic oxidation sites excluding steroid dienone is 1. The Balaban J connectivity index is 1.01. The SMILES string of the molecule is C1=Cc2c(sc3c(N(c4ccc(-c5cccc(-n6c7ccccc7c7ccccc76)c5)cc4)c4ccc(-c5cccc6ccccc56)c5oc6ccccc6c45)cccc23)CC1. The lowest BCUT2D eigenvalue weighted by atomic mass is 9.95. The maximum atomic E-state index is 6.94. The van der Waals surface area contributed by atoms with Crippen molar-refractivity contribution in [3.05, 3.63) is 211 Å². The van der Waals surface area contributed by atoms with Crippen LogP contribution in [0.15, 0.2) is 205 Å². The fourth-order valence-corrected chi connectivity index (χ4v) is 11.3. The van der Waals surface area contributed by atoms with Gasteiger partial charge in [-0.15, -0.1) is 11.3 Å². The Kier molecular flexibility index (Phi) is 7.91. The van der Waals surface area contributed by atoms with Crippen LogP contribution in [0.3, 0.4) is 0 Å². The summed E-state index contributed by atoms with van der Waals surface area (Å²) in [6.45, 7) is 0. The summed E-state index contributed by atoms with van der Waals surface area (Å²) < 4.78 is 10.6. The highest BCUT2D eigenvalue weighted by molar-refractivity contribution is 7.20. The number of aryl methyl sites for hydroxylation is 1. The predicted molar refractivity (Wildman–Crippen MR) is 264 cm³/mol. The van der Waals surface area contributed by atoms with E-state index in [1.165, 1.54) is 64.4 Å². The zero-order chi connectivity index (χ0) is 40.7. The summed E-state index contributed by atoms with van der Waals surface area (Å²) in [5, 5.41) is 8.46. The third-order valence-corrected chi connectivity index (χ3v) is 14.1. The molecule has 12 aromatic rings. The summed E-state index contributed by atoms with van der Waals surface area (Å²) in [5.41, 5.74) is 14.6. The zero-order valence-corrected chi connectivity index (χ0v) is 34.6. The molecule has 0 aliphatic heterocycles. The van der Waals surface area contributed by atoms with Crippen LogP contribution < -0.4 is 4.90 Å². The quantitative estimate of drug-likeness (QED) is 0.167. The van der Waals surface area contributed by atoms with Crippen molar-refractivity contribution in [3.8, 4) is 27.9 Å². The van der Waals surface area contributed by atoms with E-state index in [2.05, 4.69) is 216 Å². The van der Waals surface area contributed by atoms with E-state index in [9.17, 15) is 0 Å². The second-order valence-electron chi connectivity index (χ2n) is 16.3. The molecule has 4 heteroatoms. The first kappa shape index (κ1) is 35.1. The Bertz CT molecular complexity index is 3710. The van der Waals surface area contributed by atoms with Crippen LogP contribution in [0.25, 0.3) is 98.6 Å². The maximum absolute atomic E-state index is 6.94. The molecule has 0 fully saturated rings. The van der Waals surface area contributed by atoms with E-state index in [0.717, 1.165) is 68.5 Å². The van der Waals surface area contributed by atoms with Gasteiger partial charge in [0, 0.05) is 43.4 Å². The van der Waals surface area contributed by atoms with Gasteiger partial charge in [0.05, 0.1) is 32.5 Å². The average molecular weight is 811 g/mol. The molecule has 1 aliphatic rings. The third kappa shape index (κ3) is 5.37. The molecule has 0 radical (unpaired) electrons. The maximum Gasteiger partial charge on any atom is 0.145 e. The highest BCUT2D eigenvalue weighted by atomic mass is 32.1. The van der Waals surface area contributed by atoms with Crippen LogP contribution in [0.5, 0.6) is 0 Å². The molecule has 0 N–H and O–H groups in total. The molecule has 0 saturated carbocycles. The number of hydrogen-bond donors (Lipinski definition) is 0. The normalized spacial score (nSPS) is 12.6. The molecule has 9 aromatic carbocycles. The number of para-hydroxylation sites is 3. The highest BCUT2D eigenvalue weighted by Crippen LogP contribution is 2.50. The summed E-state index contributed by atoms with van der Waals surface area (Å²) in [6.07, 6.45) is 6.80. The largest absolute Gasteiger partial charge is 0.455 e. The number of hydrogen-bond acceptors (Lipinski definition) is 3. The van der Waals surface area contributed by atoms with E-state index in [1.54, 1.807) is 0 Å². The molecule has 1 aliphatic carbocycles. The van der Waals surface area contributed by atoms with Crippen molar-refractivity contribution >= 4 is 99.1 Å². The van der Waals surface area contributed by atoms with Gasteiger partial charge in [-0.3, -0.25) is 0 Å². The van der Waals surface area contributed by atoms with Gasteiger partial charge < -0.3 is 13.9 Å². The monoisotopic (exact) mass is 810 g/mol. The minimum Gasteiger partial charge on any atom is -0.455 e. The van der Waals surface area contributed by atoms with E-state index in [1.807, 2.05) is 11.3 Å². The van der Waals surface area contributed by atoms with Gasteiger partial charge in [0.25, 0.3) is 0 Å². The van der Waals surface area contributed by atoms with Gasteiger partial charge in [-0.05, 0) is 107 Å². The first-order valence-corrected chi connectivity index (χ1v) is 22.2. The van der Waals surface area contributed by atoms with Crippen molar-refractivity contribution in [2.45, 2.75) is 12.8 Å². The number of nitrogens with zero attached hydrogens (tertiary/aromatic N) is 2. The van der Waals surface area contributed by atoms with Crippen molar-refractivity contribution in [3.63, 3.8) is 0 Å². The number of furan rings is 1. The Morgan fingerprint density at radius 2 is 1.21 bits per heavy atom. The lowest BCUT2D eigenvalue weighted by molar-refractivity contribution is 0.670. The minimum absolute atomic E-state index is 0.879. The van der Waals surface area contributed by atoms with Crippen molar-refractivity contribution in [1.29, 1.82) is 0 Å². The summed E-state index contributed by atoms with van der Waals surface area (Å²) in [5.74, 6) is 0. The molecule has 62 heavy (non-hydrogen) atoms. The fourth-order valence-electron chi connectivity index (χ4n) is 10.0. The van der Waals surface area contributed by atoms with Gasteiger partial charge in [0.2, 0.25) is 0 Å². The van der Waals surface area contributed by atoms with Crippen LogP contribution in [-0.2, 0) is 6.42 Å². The van der Waals surface area contributed by atoms with Crippen LogP contribution in [0.1, 0.15) is 16.9 Å². The van der Waals surface area contributed by atoms with Gasteiger partial charge in [-0.2, -0.15) is 0 Å². The van der Waals surface area contributed by atoms with Crippen LogP contribution in [-0.4, -0.2) is 4.57 Å². The molecule has 13 rings (SSSR count). The van der Waals surface area contributed by atoms with Gasteiger partial charge in [-0.1, -0.05) is 146 Å². The molecule has 0 bridgehead atoms. The number of benzene rings is 9.